The van der Waals surface area contributed by atoms with E-state index in [1.807, 2.05) is 0 Å². The van der Waals surface area contributed by atoms with Gasteiger partial charge < -0.3 is 10.1 Å². The van der Waals surface area contributed by atoms with Gasteiger partial charge in [0.2, 0.25) is 5.88 Å². The Morgan fingerprint density at radius 3 is 2.53 bits per heavy atom. The van der Waals surface area contributed by atoms with Crippen molar-refractivity contribution in [3.05, 3.63) is 23.4 Å². The summed E-state index contributed by atoms with van der Waals surface area (Å²) in [5.74, 6) is 1.43. The van der Waals surface area contributed by atoms with Crippen LogP contribution in [0, 0.1) is 5.92 Å². The molecule has 1 rings (SSSR count). The summed E-state index contributed by atoms with van der Waals surface area (Å²) in [5.41, 5.74) is 2.35. The van der Waals surface area contributed by atoms with Gasteiger partial charge in [0.15, 0.2) is 0 Å². The summed E-state index contributed by atoms with van der Waals surface area (Å²) < 4.78 is 5.84. The standard InChI is InChI=1S/C16H28N2O/c1-6-13(5)19-16-9-14(8-15(7-2)18-16)11-17-10-12(3)4/h8-9,12-13,17H,6-7,10-11H2,1-5H3. The van der Waals surface area contributed by atoms with Crippen molar-refractivity contribution in [2.24, 2.45) is 5.92 Å². The summed E-state index contributed by atoms with van der Waals surface area (Å²) in [6.45, 7) is 12.7. The highest BCUT2D eigenvalue weighted by Gasteiger charge is 2.06. The summed E-state index contributed by atoms with van der Waals surface area (Å²) in [5, 5.41) is 3.46. The lowest BCUT2D eigenvalue weighted by atomic mass is 10.2. The van der Waals surface area contributed by atoms with Crippen molar-refractivity contribution in [3.8, 4) is 5.88 Å². The quantitative estimate of drug-likeness (QED) is 0.779. The molecule has 0 amide bonds. The molecule has 1 atom stereocenters. The predicted octanol–water partition coefficient (Wildman–Crippen LogP) is 3.57. The Hall–Kier alpha value is -1.09. The summed E-state index contributed by atoms with van der Waals surface area (Å²) in [6, 6.07) is 4.22. The molecule has 19 heavy (non-hydrogen) atoms. The number of ether oxygens (including phenoxy) is 1. The first-order valence-corrected chi connectivity index (χ1v) is 7.42. The van der Waals surface area contributed by atoms with E-state index in [9.17, 15) is 0 Å². The van der Waals surface area contributed by atoms with E-state index in [1.165, 1.54) is 5.56 Å². The van der Waals surface area contributed by atoms with Crippen LogP contribution in [-0.4, -0.2) is 17.6 Å². The Bertz CT molecular complexity index is 377. The highest BCUT2D eigenvalue weighted by Crippen LogP contribution is 2.15. The highest BCUT2D eigenvalue weighted by atomic mass is 16.5. The van der Waals surface area contributed by atoms with E-state index in [0.717, 1.165) is 37.5 Å². The van der Waals surface area contributed by atoms with E-state index in [-0.39, 0.29) is 6.10 Å². The molecule has 0 aliphatic carbocycles. The Morgan fingerprint density at radius 1 is 1.21 bits per heavy atom. The number of rotatable bonds is 8. The van der Waals surface area contributed by atoms with Gasteiger partial charge in [-0.1, -0.05) is 27.7 Å². The second-order valence-corrected chi connectivity index (χ2v) is 5.52. The fraction of sp³-hybridized carbons (Fsp3) is 0.688. The third-order valence-electron chi connectivity index (χ3n) is 3.06. The summed E-state index contributed by atoms with van der Waals surface area (Å²) in [6.07, 6.45) is 2.16. The van der Waals surface area contributed by atoms with Crippen molar-refractivity contribution < 1.29 is 4.74 Å². The molecular weight excluding hydrogens is 236 g/mol. The minimum Gasteiger partial charge on any atom is -0.475 e. The van der Waals surface area contributed by atoms with Crippen LogP contribution in [0.1, 0.15) is 52.3 Å². The molecule has 0 aliphatic rings. The first-order chi connectivity index (χ1) is 9.05. The van der Waals surface area contributed by atoms with Gasteiger partial charge in [-0.25, -0.2) is 4.98 Å². The molecule has 1 unspecified atom stereocenters. The van der Waals surface area contributed by atoms with Crippen LogP contribution in [0.25, 0.3) is 0 Å². The lowest BCUT2D eigenvalue weighted by molar-refractivity contribution is 0.208. The second kappa shape index (κ2) is 8.16. The molecule has 1 aromatic rings. The van der Waals surface area contributed by atoms with Crippen LogP contribution in [0.5, 0.6) is 5.88 Å². The van der Waals surface area contributed by atoms with E-state index >= 15 is 0 Å². The van der Waals surface area contributed by atoms with Gasteiger partial charge in [-0.05, 0) is 43.9 Å². The average Bonchev–Trinajstić information content (AvgIpc) is 2.37. The zero-order valence-electron chi connectivity index (χ0n) is 13.0. The van der Waals surface area contributed by atoms with E-state index in [2.05, 4.69) is 57.1 Å². The van der Waals surface area contributed by atoms with Crippen LogP contribution < -0.4 is 10.1 Å². The zero-order chi connectivity index (χ0) is 14.3. The van der Waals surface area contributed by atoms with Crippen molar-refractivity contribution in [2.45, 2.75) is 60.1 Å². The Morgan fingerprint density at radius 2 is 1.95 bits per heavy atom. The largest absolute Gasteiger partial charge is 0.475 e. The van der Waals surface area contributed by atoms with Crippen LogP contribution in [0.2, 0.25) is 0 Å². The van der Waals surface area contributed by atoms with Gasteiger partial charge >= 0.3 is 0 Å². The molecule has 0 radical (unpaired) electrons. The van der Waals surface area contributed by atoms with Gasteiger partial charge in [0.05, 0.1) is 6.10 Å². The molecule has 1 N–H and O–H groups in total. The van der Waals surface area contributed by atoms with Crippen LogP contribution in [-0.2, 0) is 13.0 Å². The van der Waals surface area contributed by atoms with Gasteiger partial charge in [-0.2, -0.15) is 0 Å². The lowest BCUT2D eigenvalue weighted by Crippen LogP contribution is -2.19. The van der Waals surface area contributed by atoms with Crippen molar-refractivity contribution >= 4 is 0 Å². The zero-order valence-corrected chi connectivity index (χ0v) is 13.0. The monoisotopic (exact) mass is 264 g/mol. The minimum absolute atomic E-state index is 0.219. The van der Waals surface area contributed by atoms with Gasteiger partial charge in [-0.15, -0.1) is 0 Å². The second-order valence-electron chi connectivity index (χ2n) is 5.52. The first-order valence-electron chi connectivity index (χ1n) is 7.42. The van der Waals surface area contributed by atoms with Crippen molar-refractivity contribution in [1.82, 2.24) is 10.3 Å². The number of hydrogen-bond donors (Lipinski definition) is 1. The molecule has 3 nitrogen and oxygen atoms in total. The number of aryl methyl sites for hydroxylation is 1. The smallest absolute Gasteiger partial charge is 0.214 e. The number of hydrogen-bond acceptors (Lipinski definition) is 3. The topological polar surface area (TPSA) is 34.1 Å². The highest BCUT2D eigenvalue weighted by molar-refractivity contribution is 5.25. The number of nitrogens with zero attached hydrogens (tertiary/aromatic N) is 1. The Labute approximate surface area is 117 Å². The molecular formula is C16H28N2O. The number of pyridine rings is 1. The fourth-order valence-electron chi connectivity index (χ4n) is 1.76. The van der Waals surface area contributed by atoms with Gasteiger partial charge in [0, 0.05) is 18.3 Å². The SMILES string of the molecule is CCc1cc(CNCC(C)C)cc(OC(C)CC)n1. The summed E-state index contributed by atoms with van der Waals surface area (Å²) in [7, 11) is 0. The van der Waals surface area contributed by atoms with E-state index in [1.54, 1.807) is 0 Å². The third kappa shape index (κ3) is 6.06. The third-order valence-corrected chi connectivity index (χ3v) is 3.06. The predicted molar refractivity (Wildman–Crippen MR) is 80.5 cm³/mol. The van der Waals surface area contributed by atoms with Gasteiger partial charge in [0.25, 0.3) is 0 Å². The maximum Gasteiger partial charge on any atom is 0.214 e. The van der Waals surface area contributed by atoms with Crippen LogP contribution in [0.3, 0.4) is 0 Å². The molecule has 3 heteroatoms. The molecule has 1 aromatic heterocycles. The average molecular weight is 264 g/mol. The van der Waals surface area contributed by atoms with Crippen molar-refractivity contribution in [1.29, 1.82) is 0 Å². The van der Waals surface area contributed by atoms with Crippen LogP contribution in [0.4, 0.5) is 0 Å². The van der Waals surface area contributed by atoms with Gasteiger partial charge in [-0.3, -0.25) is 0 Å². The normalized spacial score (nSPS) is 12.7. The maximum absolute atomic E-state index is 5.84. The lowest BCUT2D eigenvalue weighted by Gasteiger charge is -2.14. The van der Waals surface area contributed by atoms with E-state index < -0.39 is 0 Å². The van der Waals surface area contributed by atoms with Crippen LogP contribution in [0.15, 0.2) is 12.1 Å². The molecule has 1 heterocycles. The number of aromatic nitrogens is 1. The molecule has 0 saturated carbocycles. The fourth-order valence-corrected chi connectivity index (χ4v) is 1.76. The molecule has 0 saturated heterocycles. The maximum atomic E-state index is 5.84. The first kappa shape index (κ1) is 16.0. The van der Waals surface area contributed by atoms with Crippen molar-refractivity contribution in [2.75, 3.05) is 6.54 Å². The summed E-state index contributed by atoms with van der Waals surface area (Å²) >= 11 is 0. The molecule has 0 spiro atoms. The number of nitrogens with one attached hydrogen (secondary N) is 1. The van der Waals surface area contributed by atoms with E-state index in [0.29, 0.717) is 5.92 Å². The summed E-state index contributed by atoms with van der Waals surface area (Å²) in [4.78, 5) is 4.53. The minimum atomic E-state index is 0.219. The molecule has 0 fully saturated rings. The van der Waals surface area contributed by atoms with Crippen LogP contribution >= 0.6 is 0 Å². The Balaban J connectivity index is 2.71. The molecule has 108 valence electrons. The Kier molecular flexibility index (Phi) is 6.85. The molecule has 0 aromatic carbocycles. The van der Waals surface area contributed by atoms with Gasteiger partial charge in [0.1, 0.15) is 0 Å². The molecule has 0 bridgehead atoms. The van der Waals surface area contributed by atoms with Crippen molar-refractivity contribution in [3.63, 3.8) is 0 Å². The van der Waals surface area contributed by atoms with E-state index in [4.69, 9.17) is 4.74 Å². The molecule has 0 aliphatic heterocycles.